The van der Waals surface area contributed by atoms with E-state index in [1.807, 2.05) is 0 Å². The number of imidazole rings is 1. The van der Waals surface area contributed by atoms with Gasteiger partial charge in [0.25, 0.3) is 5.69 Å². The van der Waals surface area contributed by atoms with Gasteiger partial charge in [-0.2, -0.15) is 0 Å². The lowest BCUT2D eigenvalue weighted by molar-refractivity contribution is -0.385. The number of carbonyl (C=O) groups excluding carboxylic acids is 1. The summed E-state index contributed by atoms with van der Waals surface area (Å²) in [4.78, 5) is 28.6. The Morgan fingerprint density at radius 3 is 2.89 bits per heavy atom. The number of fused-ring (bicyclic) bond motifs is 1. The number of esters is 1. The number of nitro benzene ring substituents is 1. The number of hydrogen-bond acceptors (Lipinski definition) is 5. The molecule has 0 fully saturated rings. The summed E-state index contributed by atoms with van der Waals surface area (Å²) in [5.41, 5.74) is 1.38. The van der Waals surface area contributed by atoms with Gasteiger partial charge < -0.3 is 9.72 Å². The molecule has 2 rings (SSSR count). The zero-order chi connectivity index (χ0) is 13.3. The van der Waals surface area contributed by atoms with Crippen LogP contribution < -0.4 is 0 Å². The monoisotopic (exact) mass is 249 g/mol. The second-order valence-electron chi connectivity index (χ2n) is 3.67. The molecule has 0 radical (unpaired) electrons. The molecule has 7 heteroatoms. The van der Waals surface area contributed by atoms with Crippen LogP contribution in [0, 0.1) is 17.0 Å². The molecule has 7 nitrogen and oxygen atoms in total. The molecule has 2 aromatic rings. The Bertz CT molecular complexity index is 632. The van der Waals surface area contributed by atoms with E-state index in [4.69, 9.17) is 4.74 Å². The van der Waals surface area contributed by atoms with Gasteiger partial charge in [-0.3, -0.25) is 10.1 Å². The molecule has 18 heavy (non-hydrogen) atoms. The Labute approximate surface area is 102 Å². The molecule has 0 spiro atoms. The van der Waals surface area contributed by atoms with E-state index in [1.54, 1.807) is 13.8 Å². The maximum Gasteiger partial charge on any atom is 0.374 e. The summed E-state index contributed by atoms with van der Waals surface area (Å²) in [5, 5.41) is 10.8. The number of nitrogens with zero attached hydrogens (tertiary/aromatic N) is 2. The first-order valence-electron chi connectivity index (χ1n) is 5.35. The molecular weight excluding hydrogens is 238 g/mol. The van der Waals surface area contributed by atoms with Crippen LogP contribution in [0.15, 0.2) is 12.1 Å². The van der Waals surface area contributed by atoms with Crippen molar-refractivity contribution in [3.8, 4) is 0 Å². The number of ether oxygens (including phenoxy) is 1. The summed E-state index contributed by atoms with van der Waals surface area (Å²) in [7, 11) is 0. The summed E-state index contributed by atoms with van der Waals surface area (Å²) in [6.07, 6.45) is 0. The van der Waals surface area contributed by atoms with E-state index in [1.165, 1.54) is 12.1 Å². The lowest BCUT2D eigenvalue weighted by Gasteiger charge is -1.96. The zero-order valence-electron chi connectivity index (χ0n) is 9.89. The highest BCUT2D eigenvalue weighted by Gasteiger charge is 2.18. The standard InChI is InChI=1S/C11H11N3O4/c1-3-18-11(15)10-12-7-4-5-8(14(16)17)6(2)9(7)13-10/h4-5H,3H2,1-2H3,(H,12,13). The normalized spacial score (nSPS) is 10.6. The van der Waals surface area contributed by atoms with Crippen molar-refractivity contribution in [2.45, 2.75) is 13.8 Å². The van der Waals surface area contributed by atoms with Crippen molar-refractivity contribution < 1.29 is 14.5 Å². The largest absolute Gasteiger partial charge is 0.460 e. The van der Waals surface area contributed by atoms with E-state index in [9.17, 15) is 14.9 Å². The highest BCUT2D eigenvalue weighted by molar-refractivity contribution is 5.92. The zero-order valence-corrected chi connectivity index (χ0v) is 9.89. The molecular formula is C11H11N3O4. The van der Waals surface area contributed by atoms with Gasteiger partial charge in [0.15, 0.2) is 0 Å². The second kappa shape index (κ2) is 4.44. The summed E-state index contributed by atoms with van der Waals surface area (Å²) in [6.45, 7) is 3.53. The van der Waals surface area contributed by atoms with Gasteiger partial charge in [0, 0.05) is 6.07 Å². The molecule has 0 aliphatic carbocycles. The molecule has 0 aliphatic rings. The van der Waals surface area contributed by atoms with Gasteiger partial charge in [-0.1, -0.05) is 0 Å². The molecule has 0 unspecified atom stereocenters. The van der Waals surface area contributed by atoms with E-state index in [0.29, 0.717) is 16.6 Å². The Hall–Kier alpha value is -2.44. The average Bonchev–Trinajstić information content (AvgIpc) is 2.74. The molecule has 1 heterocycles. The fourth-order valence-corrected chi connectivity index (χ4v) is 1.70. The van der Waals surface area contributed by atoms with Gasteiger partial charge in [0.2, 0.25) is 5.82 Å². The number of benzene rings is 1. The van der Waals surface area contributed by atoms with Crippen LogP contribution in [0.1, 0.15) is 23.1 Å². The van der Waals surface area contributed by atoms with Crippen molar-refractivity contribution >= 4 is 22.7 Å². The van der Waals surface area contributed by atoms with Crippen LogP contribution in [-0.4, -0.2) is 27.5 Å². The summed E-state index contributed by atoms with van der Waals surface area (Å²) >= 11 is 0. The van der Waals surface area contributed by atoms with Crippen LogP contribution in [0.25, 0.3) is 11.0 Å². The van der Waals surface area contributed by atoms with Crippen molar-refractivity contribution in [3.63, 3.8) is 0 Å². The summed E-state index contributed by atoms with van der Waals surface area (Å²) in [5.74, 6) is -0.522. The van der Waals surface area contributed by atoms with Crippen molar-refractivity contribution in [2.24, 2.45) is 0 Å². The number of H-pyrrole nitrogens is 1. The maximum absolute atomic E-state index is 11.5. The smallest absolute Gasteiger partial charge is 0.374 e. The van der Waals surface area contributed by atoms with Gasteiger partial charge in [0.05, 0.1) is 28.1 Å². The number of aromatic amines is 1. The first-order chi connectivity index (χ1) is 8.54. The summed E-state index contributed by atoms with van der Waals surface area (Å²) < 4.78 is 4.81. The van der Waals surface area contributed by atoms with Gasteiger partial charge in [0.1, 0.15) is 0 Å². The molecule has 0 atom stereocenters. The molecule has 1 aromatic carbocycles. The lowest BCUT2D eigenvalue weighted by Crippen LogP contribution is -2.06. The number of hydrogen-bond donors (Lipinski definition) is 1. The third kappa shape index (κ3) is 1.90. The van der Waals surface area contributed by atoms with E-state index in [-0.39, 0.29) is 18.1 Å². The minimum Gasteiger partial charge on any atom is -0.460 e. The second-order valence-corrected chi connectivity index (χ2v) is 3.67. The van der Waals surface area contributed by atoms with Gasteiger partial charge >= 0.3 is 5.97 Å². The van der Waals surface area contributed by atoms with E-state index < -0.39 is 10.9 Å². The first kappa shape index (κ1) is 12.0. The third-order valence-corrected chi connectivity index (χ3v) is 2.54. The number of carbonyl (C=O) groups is 1. The third-order valence-electron chi connectivity index (χ3n) is 2.54. The minimum atomic E-state index is -0.573. The summed E-state index contributed by atoms with van der Waals surface area (Å²) in [6, 6.07) is 2.90. The maximum atomic E-state index is 11.5. The lowest BCUT2D eigenvalue weighted by atomic mass is 10.1. The average molecular weight is 249 g/mol. The molecule has 0 saturated carbocycles. The molecule has 0 bridgehead atoms. The van der Waals surface area contributed by atoms with Crippen molar-refractivity contribution in [1.29, 1.82) is 0 Å². The predicted molar refractivity (Wildman–Crippen MR) is 63.4 cm³/mol. The van der Waals surface area contributed by atoms with Crippen molar-refractivity contribution in [1.82, 2.24) is 9.97 Å². The highest BCUT2D eigenvalue weighted by Crippen LogP contribution is 2.25. The van der Waals surface area contributed by atoms with Gasteiger partial charge in [-0.25, -0.2) is 9.78 Å². The Balaban J connectivity index is 2.55. The van der Waals surface area contributed by atoms with Gasteiger partial charge in [-0.15, -0.1) is 0 Å². The molecule has 1 aromatic heterocycles. The molecule has 0 aliphatic heterocycles. The Morgan fingerprint density at radius 2 is 2.28 bits per heavy atom. The molecule has 94 valence electrons. The fourth-order valence-electron chi connectivity index (χ4n) is 1.70. The Kier molecular flexibility index (Phi) is 2.97. The first-order valence-corrected chi connectivity index (χ1v) is 5.35. The fraction of sp³-hybridized carbons (Fsp3) is 0.273. The van der Waals surface area contributed by atoms with Crippen molar-refractivity contribution in [3.05, 3.63) is 33.6 Å². The highest BCUT2D eigenvalue weighted by atomic mass is 16.6. The minimum absolute atomic E-state index is 0.0237. The van der Waals surface area contributed by atoms with Crippen molar-refractivity contribution in [2.75, 3.05) is 6.61 Å². The van der Waals surface area contributed by atoms with Crippen LogP contribution in [-0.2, 0) is 4.74 Å². The number of aryl methyl sites for hydroxylation is 1. The van der Waals surface area contributed by atoms with Crippen LogP contribution in [0.3, 0.4) is 0 Å². The topological polar surface area (TPSA) is 98.1 Å². The Morgan fingerprint density at radius 1 is 1.56 bits per heavy atom. The molecule has 1 N–H and O–H groups in total. The number of nitrogens with one attached hydrogen (secondary N) is 1. The van der Waals surface area contributed by atoms with Gasteiger partial charge in [-0.05, 0) is 19.9 Å². The number of nitro groups is 1. The van der Waals surface area contributed by atoms with Crippen LogP contribution >= 0.6 is 0 Å². The van der Waals surface area contributed by atoms with Crippen LogP contribution in [0.5, 0.6) is 0 Å². The predicted octanol–water partition coefficient (Wildman–Crippen LogP) is 1.96. The SMILES string of the molecule is CCOC(=O)c1nc2c(C)c([N+](=O)[O-])ccc2[nH]1. The van der Waals surface area contributed by atoms with Crippen LogP contribution in [0.2, 0.25) is 0 Å². The quantitative estimate of drug-likeness (QED) is 0.509. The van der Waals surface area contributed by atoms with E-state index >= 15 is 0 Å². The molecule has 0 amide bonds. The van der Waals surface area contributed by atoms with E-state index in [2.05, 4.69) is 9.97 Å². The van der Waals surface area contributed by atoms with Crippen LogP contribution in [0.4, 0.5) is 5.69 Å². The van der Waals surface area contributed by atoms with E-state index in [0.717, 1.165) is 0 Å². The molecule has 0 saturated heterocycles. The number of aromatic nitrogens is 2. The number of rotatable bonds is 3.